The molecule has 118 valence electrons. The van der Waals surface area contributed by atoms with Gasteiger partial charge in [-0.3, -0.25) is 4.90 Å². The summed E-state index contributed by atoms with van der Waals surface area (Å²) in [5.41, 5.74) is 0. The number of morpholine rings is 1. The van der Waals surface area contributed by atoms with Crippen molar-refractivity contribution in [2.45, 2.75) is 29.2 Å². The molecule has 21 heavy (non-hydrogen) atoms. The molecule has 0 amide bonds. The van der Waals surface area contributed by atoms with E-state index >= 15 is 0 Å². The van der Waals surface area contributed by atoms with Gasteiger partial charge in [0.25, 0.3) is 10.0 Å². The lowest BCUT2D eigenvalue weighted by atomic mass is 10.2. The average Bonchev–Trinajstić information content (AvgIpc) is 3.22. The number of thiophene rings is 1. The molecular weight excluding hydrogens is 312 g/mol. The van der Waals surface area contributed by atoms with E-state index in [2.05, 4.69) is 9.62 Å². The summed E-state index contributed by atoms with van der Waals surface area (Å²) in [7, 11) is -2.07. The minimum atomic E-state index is -3.54. The Kier molecular flexibility index (Phi) is 4.51. The van der Waals surface area contributed by atoms with Crippen LogP contribution in [0.25, 0.3) is 0 Å². The van der Waals surface area contributed by atoms with E-state index in [1.807, 2.05) is 0 Å². The van der Waals surface area contributed by atoms with Crippen molar-refractivity contribution in [3.05, 3.63) is 11.4 Å². The summed E-state index contributed by atoms with van der Waals surface area (Å²) in [6.45, 7) is 2.72. The van der Waals surface area contributed by atoms with Crippen molar-refractivity contribution < 1.29 is 17.9 Å². The number of nitrogens with one attached hydrogen (secondary N) is 1. The smallest absolute Gasteiger partial charge is 0.253 e. The maximum atomic E-state index is 12.3. The first-order valence-electron chi connectivity index (χ1n) is 7.07. The summed E-state index contributed by atoms with van der Waals surface area (Å²) < 4.78 is 38.2. The Balaban J connectivity index is 1.58. The van der Waals surface area contributed by atoms with E-state index in [0.29, 0.717) is 24.9 Å². The van der Waals surface area contributed by atoms with Crippen LogP contribution in [0.2, 0.25) is 0 Å². The minimum absolute atomic E-state index is 0.0833. The second-order valence-corrected chi connectivity index (χ2v) is 8.23. The molecule has 1 saturated carbocycles. The Bertz CT molecular complexity index is 583. The fourth-order valence-corrected chi connectivity index (χ4v) is 4.92. The van der Waals surface area contributed by atoms with Gasteiger partial charge in [0.1, 0.15) is 5.75 Å². The van der Waals surface area contributed by atoms with Gasteiger partial charge in [0.2, 0.25) is 0 Å². The fourth-order valence-electron chi connectivity index (χ4n) is 2.54. The van der Waals surface area contributed by atoms with E-state index in [1.165, 1.54) is 20.0 Å². The van der Waals surface area contributed by atoms with Crippen LogP contribution < -0.4 is 9.46 Å². The molecule has 0 aromatic carbocycles. The van der Waals surface area contributed by atoms with E-state index in [-0.39, 0.29) is 10.3 Å². The van der Waals surface area contributed by atoms with E-state index in [9.17, 15) is 8.42 Å². The molecule has 0 bridgehead atoms. The number of hydrogen-bond donors (Lipinski definition) is 1. The number of methoxy groups -OCH3 is 1. The van der Waals surface area contributed by atoms with Crippen molar-refractivity contribution in [3.63, 3.8) is 0 Å². The molecule has 6 nitrogen and oxygen atoms in total. The van der Waals surface area contributed by atoms with Crippen LogP contribution >= 0.6 is 11.3 Å². The number of rotatable bonds is 6. The third-order valence-electron chi connectivity index (χ3n) is 3.79. The van der Waals surface area contributed by atoms with Crippen LogP contribution in [0.3, 0.4) is 0 Å². The molecule has 1 N–H and O–H groups in total. The van der Waals surface area contributed by atoms with Gasteiger partial charge in [0, 0.05) is 25.7 Å². The molecule has 1 aliphatic heterocycles. The maximum absolute atomic E-state index is 12.3. The van der Waals surface area contributed by atoms with Crippen molar-refractivity contribution in [2.24, 2.45) is 0 Å². The first-order valence-corrected chi connectivity index (χ1v) is 9.43. The van der Waals surface area contributed by atoms with Crippen LogP contribution in [0.1, 0.15) is 12.8 Å². The number of hydrogen-bond acceptors (Lipinski definition) is 6. The second kappa shape index (κ2) is 6.21. The molecule has 0 unspecified atom stereocenters. The molecule has 8 heteroatoms. The predicted octanol–water partition coefficient (Wildman–Crippen LogP) is 0.898. The Morgan fingerprint density at radius 2 is 2.33 bits per heavy atom. The quantitative estimate of drug-likeness (QED) is 0.838. The zero-order valence-electron chi connectivity index (χ0n) is 11.9. The van der Waals surface area contributed by atoms with Crippen molar-refractivity contribution in [1.82, 2.24) is 9.62 Å². The largest absolute Gasteiger partial charge is 0.494 e. The normalized spacial score (nSPS) is 24.1. The third kappa shape index (κ3) is 3.57. The lowest BCUT2D eigenvalue weighted by molar-refractivity contribution is -0.0277. The number of ether oxygens (including phenoxy) is 2. The molecular formula is C13H20N2O4S2. The molecule has 1 aliphatic carbocycles. The maximum Gasteiger partial charge on any atom is 0.253 e. The zero-order chi connectivity index (χ0) is 14.9. The summed E-state index contributed by atoms with van der Waals surface area (Å²) in [6, 6.07) is 2.34. The topological polar surface area (TPSA) is 67.9 Å². The van der Waals surface area contributed by atoms with Crippen LogP contribution in [0.4, 0.5) is 0 Å². The second-order valence-electron chi connectivity index (χ2n) is 5.35. The molecule has 1 aromatic rings. The lowest BCUT2D eigenvalue weighted by Crippen LogP contribution is -2.48. The van der Waals surface area contributed by atoms with Gasteiger partial charge >= 0.3 is 0 Å². The molecule has 1 saturated heterocycles. The van der Waals surface area contributed by atoms with E-state index in [4.69, 9.17) is 9.47 Å². The first-order chi connectivity index (χ1) is 10.1. The predicted molar refractivity (Wildman–Crippen MR) is 80.4 cm³/mol. The van der Waals surface area contributed by atoms with Crippen LogP contribution in [0.5, 0.6) is 5.75 Å². The van der Waals surface area contributed by atoms with E-state index in [0.717, 1.165) is 24.4 Å². The van der Waals surface area contributed by atoms with Gasteiger partial charge in [-0.2, -0.15) is 0 Å². The van der Waals surface area contributed by atoms with Gasteiger partial charge in [-0.1, -0.05) is 0 Å². The molecule has 2 heterocycles. The van der Waals surface area contributed by atoms with Crippen LogP contribution in [0.15, 0.2) is 15.7 Å². The molecule has 0 radical (unpaired) electrons. The summed E-state index contributed by atoms with van der Waals surface area (Å²) in [5, 5.41) is 1.71. The monoisotopic (exact) mass is 332 g/mol. The van der Waals surface area contributed by atoms with Crippen molar-refractivity contribution in [1.29, 1.82) is 0 Å². The zero-order valence-corrected chi connectivity index (χ0v) is 13.6. The number of sulfonamides is 1. The van der Waals surface area contributed by atoms with Crippen molar-refractivity contribution in [3.8, 4) is 5.75 Å². The summed E-state index contributed by atoms with van der Waals surface area (Å²) in [4.78, 5) is 2.40. The molecule has 2 aliphatic rings. The Labute approximate surface area is 129 Å². The molecule has 2 fully saturated rings. The van der Waals surface area contributed by atoms with Crippen molar-refractivity contribution >= 4 is 21.4 Å². The highest BCUT2D eigenvalue weighted by atomic mass is 32.2. The molecule has 3 rings (SSSR count). The van der Waals surface area contributed by atoms with Crippen LogP contribution in [-0.4, -0.2) is 58.8 Å². The Morgan fingerprint density at radius 3 is 3.05 bits per heavy atom. The standard InChI is InChI=1S/C13H20N2O4S2/c1-18-12-4-7-20-13(12)21(16,17)14-8-11-9-15(5-6-19-11)10-2-3-10/h4,7,10-11,14H,2-3,5-6,8-9H2,1H3/t11-/m0/s1. The van der Waals surface area contributed by atoms with Gasteiger partial charge in [-0.05, 0) is 24.3 Å². The Morgan fingerprint density at radius 1 is 1.52 bits per heavy atom. The minimum Gasteiger partial charge on any atom is -0.494 e. The van der Waals surface area contributed by atoms with Gasteiger partial charge in [-0.25, -0.2) is 13.1 Å². The SMILES string of the molecule is COc1ccsc1S(=O)(=O)NC[C@H]1CN(C2CC2)CCO1. The average molecular weight is 332 g/mol. The highest BCUT2D eigenvalue weighted by Gasteiger charge is 2.33. The van der Waals surface area contributed by atoms with Crippen LogP contribution in [-0.2, 0) is 14.8 Å². The fraction of sp³-hybridized carbons (Fsp3) is 0.692. The number of nitrogens with zero attached hydrogens (tertiary/aromatic N) is 1. The van der Waals surface area contributed by atoms with Crippen LogP contribution in [0, 0.1) is 0 Å². The lowest BCUT2D eigenvalue weighted by Gasteiger charge is -2.32. The van der Waals surface area contributed by atoms with Gasteiger partial charge < -0.3 is 9.47 Å². The summed E-state index contributed by atoms with van der Waals surface area (Å²) in [6.07, 6.45) is 2.43. The van der Waals surface area contributed by atoms with E-state index < -0.39 is 10.0 Å². The third-order valence-corrected chi connectivity index (χ3v) is 6.66. The van der Waals surface area contributed by atoms with Gasteiger partial charge in [0.15, 0.2) is 4.21 Å². The molecule has 1 aromatic heterocycles. The van der Waals surface area contributed by atoms with E-state index in [1.54, 1.807) is 11.4 Å². The van der Waals surface area contributed by atoms with Crippen molar-refractivity contribution in [2.75, 3.05) is 33.4 Å². The summed E-state index contributed by atoms with van der Waals surface area (Å²) in [5.74, 6) is 0.386. The molecule has 0 spiro atoms. The highest BCUT2D eigenvalue weighted by molar-refractivity contribution is 7.91. The Hall–Kier alpha value is -0.670. The van der Waals surface area contributed by atoms with Gasteiger partial charge in [-0.15, -0.1) is 11.3 Å². The summed E-state index contributed by atoms with van der Waals surface area (Å²) >= 11 is 1.16. The molecule has 1 atom stereocenters. The first kappa shape index (κ1) is 15.2. The van der Waals surface area contributed by atoms with Gasteiger partial charge in [0.05, 0.1) is 19.8 Å². The highest BCUT2D eigenvalue weighted by Crippen LogP contribution is 2.30.